The average molecular weight is 395 g/mol. The molecule has 144 valence electrons. The number of benzene rings is 2. The number of hydrogen-bond donors (Lipinski definition) is 1. The van der Waals surface area contributed by atoms with Gasteiger partial charge in [-0.2, -0.15) is 4.31 Å². The van der Waals surface area contributed by atoms with E-state index in [2.05, 4.69) is 5.32 Å². The molecular formula is C17H18FN3O5S. The Morgan fingerprint density at radius 1 is 1.15 bits per heavy atom. The maximum absolute atomic E-state index is 13.4. The van der Waals surface area contributed by atoms with Crippen LogP contribution >= 0.6 is 0 Å². The molecule has 3 rings (SSSR count). The molecule has 0 atom stereocenters. The van der Waals surface area contributed by atoms with Crippen LogP contribution in [0.5, 0.6) is 0 Å². The van der Waals surface area contributed by atoms with Crippen LogP contribution in [0.25, 0.3) is 0 Å². The highest BCUT2D eigenvalue weighted by Crippen LogP contribution is 2.26. The zero-order valence-electron chi connectivity index (χ0n) is 14.3. The molecule has 0 bridgehead atoms. The van der Waals surface area contributed by atoms with Gasteiger partial charge in [0.05, 0.1) is 23.0 Å². The number of ether oxygens (including phenoxy) is 1. The Kier molecular flexibility index (Phi) is 5.68. The lowest BCUT2D eigenvalue weighted by molar-refractivity contribution is -0.384. The van der Waals surface area contributed by atoms with Crippen molar-refractivity contribution in [3.63, 3.8) is 0 Å². The number of anilines is 1. The molecule has 0 unspecified atom stereocenters. The molecule has 0 saturated carbocycles. The van der Waals surface area contributed by atoms with E-state index in [1.807, 2.05) is 0 Å². The summed E-state index contributed by atoms with van der Waals surface area (Å²) in [5, 5.41) is 13.8. The van der Waals surface area contributed by atoms with Crippen LogP contribution in [0.1, 0.15) is 5.56 Å². The number of nitro benzene ring substituents is 1. The molecule has 2 aromatic rings. The average Bonchev–Trinajstić information content (AvgIpc) is 2.67. The molecular weight excluding hydrogens is 377 g/mol. The quantitative estimate of drug-likeness (QED) is 0.595. The fourth-order valence-electron chi connectivity index (χ4n) is 2.72. The normalized spacial score (nSPS) is 15.4. The van der Waals surface area contributed by atoms with Crippen molar-refractivity contribution in [3.8, 4) is 0 Å². The second-order valence-corrected chi connectivity index (χ2v) is 7.87. The highest BCUT2D eigenvalue weighted by Gasteiger charge is 2.26. The molecule has 10 heteroatoms. The minimum Gasteiger partial charge on any atom is -0.379 e. The summed E-state index contributed by atoms with van der Waals surface area (Å²) < 4.78 is 45.0. The molecule has 27 heavy (non-hydrogen) atoms. The Hall–Kier alpha value is -2.56. The van der Waals surface area contributed by atoms with Crippen LogP contribution in [-0.4, -0.2) is 43.9 Å². The summed E-state index contributed by atoms with van der Waals surface area (Å²) in [5.74, 6) is -0.588. The summed E-state index contributed by atoms with van der Waals surface area (Å²) in [7, 11) is -3.58. The standard InChI is InChI=1S/C17H18FN3O5S/c18-14-3-6-17(21(22)23)16(11-14)19-12-13-1-4-15(5-2-13)27(24,25)20-7-9-26-10-8-20/h1-6,11,19H,7-10,12H2. The Morgan fingerprint density at radius 3 is 2.44 bits per heavy atom. The molecule has 0 radical (unpaired) electrons. The number of halogens is 1. The van der Waals surface area contributed by atoms with Crippen LogP contribution in [0.3, 0.4) is 0 Å². The van der Waals surface area contributed by atoms with E-state index in [0.717, 1.165) is 18.2 Å². The maximum Gasteiger partial charge on any atom is 0.292 e. The summed E-state index contributed by atoms with van der Waals surface area (Å²) in [6.07, 6.45) is 0. The van der Waals surface area contributed by atoms with E-state index in [4.69, 9.17) is 4.74 Å². The molecule has 1 aliphatic rings. The smallest absolute Gasteiger partial charge is 0.292 e. The van der Waals surface area contributed by atoms with Gasteiger partial charge in [-0.05, 0) is 23.8 Å². The Balaban J connectivity index is 1.71. The van der Waals surface area contributed by atoms with Gasteiger partial charge in [-0.25, -0.2) is 12.8 Å². The summed E-state index contributed by atoms with van der Waals surface area (Å²) >= 11 is 0. The largest absolute Gasteiger partial charge is 0.379 e. The van der Waals surface area contributed by atoms with Crippen LogP contribution in [0, 0.1) is 15.9 Å². The fourth-order valence-corrected chi connectivity index (χ4v) is 4.13. The number of sulfonamides is 1. The van der Waals surface area contributed by atoms with E-state index in [1.54, 1.807) is 12.1 Å². The number of nitrogens with one attached hydrogen (secondary N) is 1. The van der Waals surface area contributed by atoms with Crippen LogP contribution in [-0.2, 0) is 21.3 Å². The summed E-state index contributed by atoms with van der Waals surface area (Å²) in [6.45, 7) is 1.55. The lowest BCUT2D eigenvalue weighted by Gasteiger charge is -2.26. The van der Waals surface area contributed by atoms with Gasteiger partial charge < -0.3 is 10.1 Å². The zero-order valence-corrected chi connectivity index (χ0v) is 15.1. The van der Waals surface area contributed by atoms with Gasteiger partial charge in [-0.15, -0.1) is 0 Å². The first-order valence-electron chi connectivity index (χ1n) is 8.22. The van der Waals surface area contributed by atoms with E-state index in [0.29, 0.717) is 31.9 Å². The third kappa shape index (κ3) is 4.41. The fraction of sp³-hybridized carbons (Fsp3) is 0.294. The molecule has 1 heterocycles. The van der Waals surface area contributed by atoms with E-state index >= 15 is 0 Å². The van der Waals surface area contributed by atoms with Crippen molar-refractivity contribution in [2.45, 2.75) is 11.4 Å². The minimum absolute atomic E-state index is 0.0602. The maximum atomic E-state index is 13.4. The van der Waals surface area contributed by atoms with Crippen molar-refractivity contribution in [1.82, 2.24) is 4.31 Å². The third-order valence-corrected chi connectivity index (χ3v) is 6.08. The van der Waals surface area contributed by atoms with Gasteiger partial charge in [0, 0.05) is 31.8 Å². The first kappa shape index (κ1) is 19.2. The van der Waals surface area contributed by atoms with Gasteiger partial charge in [0.2, 0.25) is 10.0 Å². The van der Waals surface area contributed by atoms with Gasteiger partial charge in [0.15, 0.2) is 0 Å². The van der Waals surface area contributed by atoms with Gasteiger partial charge in [-0.1, -0.05) is 12.1 Å². The van der Waals surface area contributed by atoms with E-state index < -0.39 is 20.8 Å². The van der Waals surface area contributed by atoms with E-state index in [1.165, 1.54) is 16.4 Å². The lowest BCUT2D eigenvalue weighted by Crippen LogP contribution is -2.40. The van der Waals surface area contributed by atoms with Gasteiger partial charge in [0.25, 0.3) is 5.69 Å². The van der Waals surface area contributed by atoms with Gasteiger partial charge in [-0.3, -0.25) is 10.1 Å². The number of rotatable bonds is 6. The number of nitrogens with zero attached hydrogens (tertiary/aromatic N) is 2. The lowest BCUT2D eigenvalue weighted by atomic mass is 10.2. The van der Waals surface area contributed by atoms with Crippen molar-refractivity contribution < 1.29 is 22.5 Å². The molecule has 0 spiro atoms. The second kappa shape index (κ2) is 7.99. The third-order valence-electron chi connectivity index (χ3n) is 4.17. The zero-order chi connectivity index (χ0) is 19.4. The molecule has 1 N–H and O–H groups in total. The first-order valence-corrected chi connectivity index (χ1v) is 9.66. The highest BCUT2D eigenvalue weighted by molar-refractivity contribution is 7.89. The topological polar surface area (TPSA) is 102 Å². The molecule has 0 aliphatic carbocycles. The number of morpholine rings is 1. The molecule has 2 aromatic carbocycles. The van der Waals surface area contributed by atoms with Gasteiger partial charge in [0.1, 0.15) is 11.5 Å². The van der Waals surface area contributed by atoms with Crippen LogP contribution in [0.15, 0.2) is 47.4 Å². The molecule has 1 aliphatic heterocycles. The minimum atomic E-state index is -3.58. The van der Waals surface area contributed by atoms with Crippen LogP contribution < -0.4 is 5.32 Å². The van der Waals surface area contributed by atoms with E-state index in [9.17, 15) is 22.9 Å². The Morgan fingerprint density at radius 2 is 1.81 bits per heavy atom. The number of nitro groups is 1. The Bertz CT molecular complexity index is 928. The monoisotopic (exact) mass is 395 g/mol. The van der Waals surface area contributed by atoms with E-state index in [-0.39, 0.29) is 22.8 Å². The van der Waals surface area contributed by atoms with Crippen LogP contribution in [0.4, 0.5) is 15.8 Å². The highest BCUT2D eigenvalue weighted by atomic mass is 32.2. The second-order valence-electron chi connectivity index (χ2n) is 5.93. The summed E-state index contributed by atoms with van der Waals surface area (Å²) in [5.41, 5.74) is 0.530. The molecule has 0 amide bonds. The van der Waals surface area contributed by atoms with Crippen molar-refractivity contribution in [3.05, 3.63) is 64.0 Å². The van der Waals surface area contributed by atoms with Crippen molar-refractivity contribution in [1.29, 1.82) is 0 Å². The van der Waals surface area contributed by atoms with Crippen molar-refractivity contribution in [2.75, 3.05) is 31.6 Å². The predicted molar refractivity (Wildman–Crippen MR) is 96.4 cm³/mol. The molecule has 8 nitrogen and oxygen atoms in total. The first-order chi connectivity index (χ1) is 12.9. The molecule has 0 aromatic heterocycles. The SMILES string of the molecule is O=[N+]([O-])c1ccc(F)cc1NCc1ccc(S(=O)(=O)N2CCOCC2)cc1. The summed E-state index contributed by atoms with van der Waals surface area (Å²) in [4.78, 5) is 10.6. The molecule has 1 fully saturated rings. The predicted octanol–water partition coefficient (Wildman–Crippen LogP) is 2.37. The van der Waals surface area contributed by atoms with Crippen molar-refractivity contribution in [2.24, 2.45) is 0 Å². The number of hydrogen-bond acceptors (Lipinski definition) is 6. The van der Waals surface area contributed by atoms with Crippen LogP contribution in [0.2, 0.25) is 0 Å². The van der Waals surface area contributed by atoms with Gasteiger partial charge >= 0.3 is 0 Å². The molecule has 1 saturated heterocycles. The Labute approximate surface area is 155 Å². The van der Waals surface area contributed by atoms with Crippen molar-refractivity contribution >= 4 is 21.4 Å². The summed E-state index contributed by atoms with van der Waals surface area (Å²) in [6, 6.07) is 9.38.